The molecule has 0 saturated heterocycles. The van der Waals surface area contributed by atoms with Gasteiger partial charge in [0.05, 0.1) is 16.7 Å². The van der Waals surface area contributed by atoms with E-state index in [9.17, 15) is 0 Å². The van der Waals surface area contributed by atoms with Crippen molar-refractivity contribution in [2.45, 2.75) is 13.8 Å². The van der Waals surface area contributed by atoms with Crippen molar-refractivity contribution in [3.8, 4) is 27.9 Å². The van der Waals surface area contributed by atoms with E-state index in [1.165, 1.54) is 60.9 Å². The second-order valence-corrected chi connectivity index (χ2v) is 7.63. The topological polar surface area (TPSA) is 4.93 Å². The molecule has 0 N–H and O–H groups in total. The number of para-hydroxylation sites is 1. The second-order valence-electron chi connectivity index (χ2n) is 7.63. The molecule has 1 aliphatic rings. The molecule has 0 saturated carbocycles. The van der Waals surface area contributed by atoms with Crippen LogP contribution in [0.5, 0.6) is 0 Å². The van der Waals surface area contributed by atoms with E-state index in [0.29, 0.717) is 0 Å². The van der Waals surface area contributed by atoms with Crippen molar-refractivity contribution in [1.29, 1.82) is 0 Å². The Kier molecular flexibility index (Phi) is 2.80. The molecule has 5 aromatic rings. The smallest absolute Gasteiger partial charge is 0.0620 e. The first-order chi connectivity index (χ1) is 13.2. The molecule has 1 nitrogen and oxygen atoms in total. The van der Waals surface area contributed by atoms with Gasteiger partial charge >= 0.3 is 0 Å². The van der Waals surface area contributed by atoms with Gasteiger partial charge in [-0.05, 0) is 60.9 Å². The third-order valence-electron chi connectivity index (χ3n) is 5.81. The molecule has 1 aliphatic heterocycles. The minimum atomic E-state index is 1.27. The molecule has 0 bridgehead atoms. The molecular weight excluding hydrogens is 326 g/mol. The summed E-state index contributed by atoms with van der Waals surface area (Å²) in [5, 5.41) is 2.66. The molecule has 1 aromatic heterocycles. The van der Waals surface area contributed by atoms with Crippen LogP contribution < -0.4 is 0 Å². The Hall–Kier alpha value is -3.32. The van der Waals surface area contributed by atoms with Crippen LogP contribution in [0.15, 0.2) is 78.9 Å². The van der Waals surface area contributed by atoms with Gasteiger partial charge in [0, 0.05) is 21.9 Å². The number of hydrogen-bond acceptors (Lipinski definition) is 0. The lowest BCUT2D eigenvalue weighted by atomic mass is 9.92. The number of nitrogens with zero attached hydrogens (tertiary/aromatic N) is 1. The van der Waals surface area contributed by atoms with E-state index in [4.69, 9.17) is 0 Å². The zero-order chi connectivity index (χ0) is 18.1. The average Bonchev–Trinajstić information content (AvgIpc) is 2.95. The van der Waals surface area contributed by atoms with Gasteiger partial charge in [-0.25, -0.2) is 0 Å². The van der Waals surface area contributed by atoms with E-state index in [0.717, 1.165) is 0 Å². The first kappa shape index (κ1) is 14.8. The highest BCUT2D eigenvalue weighted by Crippen LogP contribution is 2.46. The zero-order valence-corrected chi connectivity index (χ0v) is 15.5. The lowest BCUT2D eigenvalue weighted by Gasteiger charge is -2.13. The maximum absolute atomic E-state index is 2.47. The average molecular weight is 345 g/mol. The van der Waals surface area contributed by atoms with E-state index in [-0.39, 0.29) is 0 Å². The Morgan fingerprint density at radius 1 is 0.556 bits per heavy atom. The third kappa shape index (κ3) is 1.89. The van der Waals surface area contributed by atoms with Crippen molar-refractivity contribution < 1.29 is 0 Å². The lowest BCUT2D eigenvalue weighted by Crippen LogP contribution is -1.96. The van der Waals surface area contributed by atoms with Crippen LogP contribution in [0, 0.1) is 13.8 Å². The molecule has 0 radical (unpaired) electrons. The van der Waals surface area contributed by atoms with Crippen LogP contribution in [-0.2, 0) is 0 Å². The van der Waals surface area contributed by atoms with Crippen LogP contribution in [0.3, 0.4) is 0 Å². The molecule has 27 heavy (non-hydrogen) atoms. The van der Waals surface area contributed by atoms with Crippen LogP contribution >= 0.6 is 0 Å². The van der Waals surface area contributed by atoms with Gasteiger partial charge in [0.2, 0.25) is 0 Å². The molecule has 0 unspecified atom stereocenters. The predicted molar refractivity (Wildman–Crippen MR) is 115 cm³/mol. The minimum absolute atomic E-state index is 1.27. The summed E-state index contributed by atoms with van der Waals surface area (Å²) in [7, 11) is 0. The highest BCUT2D eigenvalue weighted by Gasteiger charge is 2.24. The zero-order valence-electron chi connectivity index (χ0n) is 15.5. The number of hydrogen-bond donors (Lipinski definition) is 0. The van der Waals surface area contributed by atoms with Gasteiger partial charge in [-0.3, -0.25) is 0 Å². The molecule has 128 valence electrons. The van der Waals surface area contributed by atoms with Gasteiger partial charge in [-0.2, -0.15) is 0 Å². The molecule has 2 heterocycles. The molecule has 0 fully saturated rings. The molecule has 0 aliphatic carbocycles. The molecule has 0 spiro atoms. The molecule has 6 rings (SSSR count). The lowest BCUT2D eigenvalue weighted by molar-refractivity contribution is 1.18. The van der Waals surface area contributed by atoms with Crippen molar-refractivity contribution >= 4 is 21.8 Å². The summed E-state index contributed by atoms with van der Waals surface area (Å²) >= 11 is 0. The molecule has 1 heteroatoms. The Morgan fingerprint density at radius 2 is 1.26 bits per heavy atom. The minimum Gasteiger partial charge on any atom is -0.308 e. The summed E-state index contributed by atoms with van der Waals surface area (Å²) in [4.78, 5) is 0. The van der Waals surface area contributed by atoms with E-state index in [1.807, 2.05) is 0 Å². The van der Waals surface area contributed by atoms with Gasteiger partial charge in [0.15, 0.2) is 0 Å². The Balaban J connectivity index is 1.97. The molecule has 4 aromatic carbocycles. The van der Waals surface area contributed by atoms with Gasteiger partial charge in [0.1, 0.15) is 0 Å². The maximum Gasteiger partial charge on any atom is 0.0620 e. The summed E-state index contributed by atoms with van der Waals surface area (Å²) in [5.41, 5.74) is 11.7. The van der Waals surface area contributed by atoms with Gasteiger partial charge < -0.3 is 4.57 Å². The normalized spacial score (nSPS) is 12.1. The van der Waals surface area contributed by atoms with Crippen LogP contribution in [0.25, 0.3) is 49.7 Å². The predicted octanol–water partition coefficient (Wildman–Crippen LogP) is 7.05. The van der Waals surface area contributed by atoms with Crippen LogP contribution in [-0.4, -0.2) is 4.57 Å². The monoisotopic (exact) mass is 345 g/mol. The number of benzene rings is 4. The Bertz CT molecular complexity index is 1380. The number of rotatable bonds is 0. The SMILES string of the molecule is Cc1ccc2c(c1)-c1ccccc1-c1cc(C)cc3c4ccccc4n-2c13. The van der Waals surface area contributed by atoms with Crippen LogP contribution in [0.1, 0.15) is 11.1 Å². The van der Waals surface area contributed by atoms with E-state index in [1.54, 1.807) is 0 Å². The fourth-order valence-electron chi connectivity index (χ4n) is 4.71. The second kappa shape index (κ2) is 5.11. The van der Waals surface area contributed by atoms with Gasteiger partial charge in [0.25, 0.3) is 0 Å². The largest absolute Gasteiger partial charge is 0.308 e. The fraction of sp³-hybridized carbons (Fsp3) is 0.0769. The Labute approximate surface area is 158 Å². The van der Waals surface area contributed by atoms with Crippen molar-refractivity contribution in [2.75, 3.05) is 0 Å². The van der Waals surface area contributed by atoms with Crippen LogP contribution in [0.4, 0.5) is 0 Å². The fourth-order valence-corrected chi connectivity index (χ4v) is 4.71. The van der Waals surface area contributed by atoms with E-state index < -0.39 is 0 Å². The molecule has 0 atom stereocenters. The Morgan fingerprint density at radius 3 is 2.11 bits per heavy atom. The van der Waals surface area contributed by atoms with Crippen molar-refractivity contribution in [3.05, 3.63) is 90.0 Å². The van der Waals surface area contributed by atoms with E-state index >= 15 is 0 Å². The first-order valence-corrected chi connectivity index (χ1v) is 9.47. The van der Waals surface area contributed by atoms with Gasteiger partial charge in [-0.1, -0.05) is 54.1 Å². The maximum atomic E-state index is 2.47. The van der Waals surface area contributed by atoms with Crippen molar-refractivity contribution in [3.63, 3.8) is 0 Å². The van der Waals surface area contributed by atoms with Crippen molar-refractivity contribution in [1.82, 2.24) is 4.57 Å². The highest BCUT2D eigenvalue weighted by atomic mass is 15.0. The van der Waals surface area contributed by atoms with Crippen molar-refractivity contribution in [2.24, 2.45) is 0 Å². The van der Waals surface area contributed by atoms with Crippen LogP contribution in [0.2, 0.25) is 0 Å². The highest BCUT2D eigenvalue weighted by molar-refractivity contribution is 6.16. The summed E-state index contributed by atoms with van der Waals surface area (Å²) in [6, 6.07) is 29.1. The number of aryl methyl sites for hydroxylation is 2. The van der Waals surface area contributed by atoms with E-state index in [2.05, 4.69) is 97.3 Å². The summed E-state index contributed by atoms with van der Waals surface area (Å²) in [5.74, 6) is 0. The summed E-state index contributed by atoms with van der Waals surface area (Å²) in [6.45, 7) is 4.38. The molecule has 0 amide bonds. The van der Waals surface area contributed by atoms with Gasteiger partial charge in [-0.15, -0.1) is 0 Å². The third-order valence-corrected chi connectivity index (χ3v) is 5.81. The summed E-state index contributed by atoms with van der Waals surface area (Å²) < 4.78 is 2.47. The summed E-state index contributed by atoms with van der Waals surface area (Å²) in [6.07, 6.45) is 0. The number of fused-ring (bicyclic) bond motifs is 8. The first-order valence-electron chi connectivity index (χ1n) is 9.47. The quantitative estimate of drug-likeness (QED) is 0.278. The standard InChI is InChI=1S/C26H19N/c1-16-11-12-25-21(13-16)18-7-3-4-8-19(18)22-14-17(2)15-23-20-9-5-6-10-24(20)27(25)26(22)23/h3-15H,1-2H3. The number of aromatic nitrogens is 1. The molecular formula is C26H19N.